The van der Waals surface area contributed by atoms with E-state index >= 15 is 0 Å². The van der Waals surface area contributed by atoms with E-state index in [9.17, 15) is 14.3 Å². The largest absolute Gasteiger partial charge is 0.487 e. The van der Waals surface area contributed by atoms with Gasteiger partial charge in [0.05, 0.1) is 6.10 Å². The Morgan fingerprint density at radius 1 is 1.35 bits per heavy atom. The van der Waals surface area contributed by atoms with E-state index in [1.807, 2.05) is 0 Å². The Balaban J connectivity index is 1.58. The molecule has 5 nitrogen and oxygen atoms in total. The number of urea groups is 1. The monoisotopic (exact) mass is 322 g/mol. The number of rotatable bonds is 4. The number of amides is 2. The van der Waals surface area contributed by atoms with Crippen LogP contribution in [0.3, 0.4) is 0 Å². The number of halogens is 1. The average molecular weight is 322 g/mol. The lowest BCUT2D eigenvalue weighted by molar-refractivity contribution is 0.115. The summed E-state index contributed by atoms with van der Waals surface area (Å²) in [5.74, 6) is -0.0860. The first-order valence-electron chi connectivity index (χ1n) is 8.28. The van der Waals surface area contributed by atoms with Gasteiger partial charge in [0, 0.05) is 31.5 Å². The van der Waals surface area contributed by atoms with E-state index in [0.29, 0.717) is 18.8 Å². The summed E-state index contributed by atoms with van der Waals surface area (Å²) in [7, 11) is 0. The van der Waals surface area contributed by atoms with Crippen molar-refractivity contribution >= 4 is 11.7 Å². The summed E-state index contributed by atoms with van der Waals surface area (Å²) < 4.78 is 19.6. The number of aliphatic hydroxyl groups is 1. The van der Waals surface area contributed by atoms with Crippen LogP contribution in [0.25, 0.3) is 0 Å². The van der Waals surface area contributed by atoms with Crippen molar-refractivity contribution < 1.29 is 19.0 Å². The van der Waals surface area contributed by atoms with Crippen LogP contribution in [-0.4, -0.2) is 41.8 Å². The van der Waals surface area contributed by atoms with E-state index in [2.05, 4.69) is 5.32 Å². The molecule has 1 saturated heterocycles. The van der Waals surface area contributed by atoms with Gasteiger partial charge in [0.15, 0.2) is 11.6 Å². The minimum Gasteiger partial charge on any atom is -0.487 e. The third-order valence-electron chi connectivity index (χ3n) is 4.59. The zero-order valence-electron chi connectivity index (χ0n) is 13.1. The number of carbonyl (C=O) groups is 1. The summed E-state index contributed by atoms with van der Waals surface area (Å²) in [6, 6.07) is 4.26. The van der Waals surface area contributed by atoms with Gasteiger partial charge in [0.2, 0.25) is 0 Å². The van der Waals surface area contributed by atoms with Crippen LogP contribution < -0.4 is 10.1 Å². The number of nitrogens with one attached hydrogen (secondary N) is 1. The van der Waals surface area contributed by atoms with E-state index in [0.717, 1.165) is 32.1 Å². The number of benzene rings is 1. The van der Waals surface area contributed by atoms with Gasteiger partial charge in [0.1, 0.15) is 0 Å². The van der Waals surface area contributed by atoms with E-state index in [4.69, 9.17) is 4.74 Å². The van der Waals surface area contributed by atoms with Gasteiger partial charge in [-0.2, -0.15) is 0 Å². The lowest BCUT2D eigenvalue weighted by Gasteiger charge is -2.31. The first-order valence-corrected chi connectivity index (χ1v) is 8.28. The van der Waals surface area contributed by atoms with Crippen molar-refractivity contribution in [1.82, 2.24) is 4.90 Å². The average Bonchev–Trinajstić information content (AvgIpc) is 2.52. The van der Waals surface area contributed by atoms with Crippen LogP contribution in [0.15, 0.2) is 18.2 Å². The van der Waals surface area contributed by atoms with Crippen LogP contribution in [0.4, 0.5) is 14.9 Å². The highest BCUT2D eigenvalue weighted by molar-refractivity contribution is 5.89. The van der Waals surface area contributed by atoms with Crippen molar-refractivity contribution in [3.8, 4) is 5.75 Å². The van der Waals surface area contributed by atoms with Crippen LogP contribution in [0.5, 0.6) is 5.75 Å². The number of carbonyl (C=O) groups excluding carboxylic acids is 1. The van der Waals surface area contributed by atoms with E-state index < -0.39 is 5.82 Å². The molecule has 1 aromatic carbocycles. The summed E-state index contributed by atoms with van der Waals surface area (Å²) in [5.41, 5.74) is 0.416. The molecular formula is C17H23FN2O3. The van der Waals surface area contributed by atoms with E-state index in [1.54, 1.807) is 17.0 Å². The smallest absolute Gasteiger partial charge is 0.321 e. The predicted octanol–water partition coefficient (Wildman–Crippen LogP) is 2.99. The molecule has 126 valence electrons. The first kappa shape index (κ1) is 16.1. The summed E-state index contributed by atoms with van der Waals surface area (Å²) >= 11 is 0. The Kier molecular flexibility index (Phi) is 5.00. The molecule has 0 spiro atoms. The van der Waals surface area contributed by atoms with Gasteiger partial charge < -0.3 is 20.1 Å². The SMILES string of the molecule is O=C(Nc1ccc(OC2CCC2)c(F)c1)N1CCCC(CO)C1. The molecule has 2 amide bonds. The highest BCUT2D eigenvalue weighted by Crippen LogP contribution is 2.28. The first-order chi connectivity index (χ1) is 11.2. The Morgan fingerprint density at radius 3 is 2.83 bits per heavy atom. The molecule has 0 aromatic heterocycles. The zero-order valence-corrected chi connectivity index (χ0v) is 13.1. The van der Waals surface area contributed by atoms with Gasteiger partial charge in [-0.15, -0.1) is 0 Å². The Hall–Kier alpha value is -1.82. The minimum absolute atomic E-state index is 0.0889. The number of anilines is 1. The summed E-state index contributed by atoms with van der Waals surface area (Å²) in [5, 5.41) is 11.9. The van der Waals surface area contributed by atoms with Crippen molar-refractivity contribution in [2.24, 2.45) is 5.92 Å². The van der Waals surface area contributed by atoms with Gasteiger partial charge in [-0.3, -0.25) is 0 Å². The minimum atomic E-state index is -0.457. The number of hydrogen-bond donors (Lipinski definition) is 2. The Morgan fingerprint density at radius 2 is 2.17 bits per heavy atom. The topological polar surface area (TPSA) is 61.8 Å². The number of likely N-dealkylation sites (tertiary alicyclic amines) is 1. The van der Waals surface area contributed by atoms with Crippen molar-refractivity contribution in [3.63, 3.8) is 0 Å². The number of aliphatic hydroxyl groups excluding tert-OH is 1. The quantitative estimate of drug-likeness (QED) is 0.896. The lowest BCUT2D eigenvalue weighted by atomic mass is 9.96. The highest BCUT2D eigenvalue weighted by atomic mass is 19.1. The Bertz CT molecular complexity index is 563. The van der Waals surface area contributed by atoms with Crippen LogP contribution in [0.2, 0.25) is 0 Å². The van der Waals surface area contributed by atoms with Crippen LogP contribution in [0.1, 0.15) is 32.1 Å². The molecular weight excluding hydrogens is 299 g/mol. The molecule has 2 aliphatic rings. The van der Waals surface area contributed by atoms with Crippen molar-refractivity contribution in [3.05, 3.63) is 24.0 Å². The van der Waals surface area contributed by atoms with Crippen LogP contribution >= 0.6 is 0 Å². The second kappa shape index (κ2) is 7.17. The molecule has 1 unspecified atom stereocenters. The maximum atomic E-state index is 14.1. The van der Waals surface area contributed by atoms with Crippen molar-refractivity contribution in [2.45, 2.75) is 38.2 Å². The fourth-order valence-corrected chi connectivity index (χ4v) is 2.94. The highest BCUT2D eigenvalue weighted by Gasteiger charge is 2.24. The fraction of sp³-hybridized carbons (Fsp3) is 0.588. The molecule has 1 aromatic rings. The summed E-state index contributed by atoms with van der Waals surface area (Å²) in [4.78, 5) is 13.9. The van der Waals surface area contributed by atoms with Crippen LogP contribution in [-0.2, 0) is 0 Å². The molecule has 1 saturated carbocycles. The van der Waals surface area contributed by atoms with Gasteiger partial charge in [0.25, 0.3) is 0 Å². The number of ether oxygens (including phenoxy) is 1. The molecule has 3 rings (SSSR count). The zero-order chi connectivity index (χ0) is 16.2. The number of nitrogens with zero attached hydrogens (tertiary/aromatic N) is 1. The van der Waals surface area contributed by atoms with E-state index in [-0.39, 0.29) is 30.4 Å². The Labute approximate surface area is 135 Å². The predicted molar refractivity (Wildman–Crippen MR) is 85.1 cm³/mol. The van der Waals surface area contributed by atoms with Crippen LogP contribution in [0, 0.1) is 11.7 Å². The second-order valence-corrected chi connectivity index (χ2v) is 6.38. The summed E-state index contributed by atoms with van der Waals surface area (Å²) in [6.45, 7) is 1.28. The van der Waals surface area contributed by atoms with Gasteiger partial charge in [-0.05, 0) is 50.2 Å². The van der Waals surface area contributed by atoms with Gasteiger partial charge in [-0.25, -0.2) is 9.18 Å². The standard InChI is InChI=1S/C17H23FN2O3/c18-15-9-13(6-7-16(15)23-14-4-1-5-14)19-17(22)20-8-2-3-12(10-20)11-21/h6-7,9,12,14,21H,1-5,8,10-11H2,(H,19,22). The molecule has 6 heteroatoms. The third kappa shape index (κ3) is 3.93. The fourth-order valence-electron chi connectivity index (χ4n) is 2.94. The molecule has 1 aliphatic carbocycles. The number of hydrogen-bond acceptors (Lipinski definition) is 3. The molecule has 1 aliphatic heterocycles. The maximum absolute atomic E-state index is 14.1. The number of piperidine rings is 1. The molecule has 2 fully saturated rings. The van der Waals surface area contributed by atoms with Crippen molar-refractivity contribution in [2.75, 3.05) is 25.0 Å². The molecule has 2 N–H and O–H groups in total. The van der Waals surface area contributed by atoms with Gasteiger partial charge in [-0.1, -0.05) is 0 Å². The molecule has 0 bridgehead atoms. The third-order valence-corrected chi connectivity index (χ3v) is 4.59. The molecule has 1 heterocycles. The molecule has 23 heavy (non-hydrogen) atoms. The van der Waals surface area contributed by atoms with Crippen molar-refractivity contribution in [1.29, 1.82) is 0 Å². The van der Waals surface area contributed by atoms with Gasteiger partial charge >= 0.3 is 6.03 Å². The summed E-state index contributed by atoms with van der Waals surface area (Å²) in [6.07, 6.45) is 5.00. The van der Waals surface area contributed by atoms with E-state index in [1.165, 1.54) is 6.07 Å². The second-order valence-electron chi connectivity index (χ2n) is 6.38. The lowest BCUT2D eigenvalue weighted by Crippen LogP contribution is -2.43. The normalized spacial score (nSPS) is 21.7. The maximum Gasteiger partial charge on any atom is 0.321 e. The molecule has 1 atom stereocenters. The molecule has 0 radical (unpaired) electrons.